The fourth-order valence-corrected chi connectivity index (χ4v) is 1.63. The molecule has 0 saturated carbocycles. The Labute approximate surface area is 107 Å². The fourth-order valence-electron chi connectivity index (χ4n) is 1.38. The van der Waals surface area contributed by atoms with E-state index in [0.717, 1.165) is 4.68 Å². The van der Waals surface area contributed by atoms with Gasteiger partial charge in [-0.1, -0.05) is 23.7 Å². The van der Waals surface area contributed by atoms with Gasteiger partial charge >= 0.3 is 0 Å². The van der Waals surface area contributed by atoms with E-state index in [2.05, 4.69) is 5.10 Å². The van der Waals surface area contributed by atoms with Crippen molar-refractivity contribution in [1.82, 2.24) is 14.5 Å². The molecule has 2 N–H and O–H groups in total. The zero-order valence-electron chi connectivity index (χ0n) is 8.92. The van der Waals surface area contributed by atoms with Gasteiger partial charge in [-0.3, -0.25) is 4.79 Å². The average molecular weight is 269 g/mol. The Morgan fingerprint density at radius 3 is 2.53 bits per heavy atom. The molecule has 0 radical (unpaired) electrons. The molecule has 0 atom stereocenters. The molecule has 0 amide bonds. The third-order valence-corrected chi connectivity index (χ3v) is 2.98. The van der Waals surface area contributed by atoms with Crippen LogP contribution in [0.25, 0.3) is 11.3 Å². The smallest absolute Gasteiger partial charge is 0.299 e. The number of aryl methyl sites for hydroxylation is 1. The van der Waals surface area contributed by atoms with Crippen molar-refractivity contribution in [1.29, 1.82) is 0 Å². The van der Waals surface area contributed by atoms with Crippen LogP contribution < -0.4 is 11.4 Å². The Balaban J connectivity index is 2.73. The molecule has 2 rings (SSSR count). The predicted octanol–water partition coefficient (Wildman–Crippen LogP) is 1.35. The molecule has 0 unspecified atom stereocenters. The molecule has 0 aliphatic heterocycles. The lowest BCUT2D eigenvalue weighted by Gasteiger charge is -2.06. The molecule has 0 fully saturated rings. The molecular weight excluding hydrogens is 260 g/mol. The van der Waals surface area contributed by atoms with Crippen molar-refractivity contribution >= 4 is 23.8 Å². The predicted molar refractivity (Wildman–Crippen MR) is 68.9 cm³/mol. The summed E-state index contributed by atoms with van der Waals surface area (Å²) in [4.78, 5) is 11.9. The lowest BCUT2D eigenvalue weighted by molar-refractivity contribution is 0.650. The van der Waals surface area contributed by atoms with Crippen LogP contribution in [-0.4, -0.2) is 14.5 Å². The molecule has 1 aromatic heterocycles. The Kier molecular flexibility index (Phi) is 2.99. The zero-order chi connectivity index (χ0) is 12.6. The van der Waals surface area contributed by atoms with Crippen molar-refractivity contribution in [3.63, 3.8) is 0 Å². The van der Waals surface area contributed by atoms with Crippen LogP contribution in [0.4, 0.5) is 0 Å². The summed E-state index contributed by atoms with van der Waals surface area (Å²) in [6.45, 7) is 0. The molecule has 1 aromatic carbocycles. The Bertz CT molecular complexity index is 674. The van der Waals surface area contributed by atoms with E-state index in [0.29, 0.717) is 10.6 Å². The molecular formula is C10H9ClN4OS. The van der Waals surface area contributed by atoms with Gasteiger partial charge in [0.15, 0.2) is 5.69 Å². The highest BCUT2D eigenvalue weighted by Crippen LogP contribution is 2.16. The first-order valence-electron chi connectivity index (χ1n) is 4.72. The number of nitrogens with two attached hydrogens (primary N) is 1. The number of nitrogens with zero attached hydrogens (tertiary/aromatic N) is 3. The largest absolute Gasteiger partial charge is 0.334 e. The second-order valence-electron chi connectivity index (χ2n) is 3.44. The fraction of sp³-hybridized carbons (Fsp3) is 0.100. The van der Waals surface area contributed by atoms with Gasteiger partial charge in [-0.15, -0.1) is 0 Å². The van der Waals surface area contributed by atoms with Crippen molar-refractivity contribution in [3.8, 4) is 11.3 Å². The SMILES string of the molecule is Cn1nc(-c2ccc(Cl)cc2)c(=O)n(N)c1=S. The van der Waals surface area contributed by atoms with E-state index in [1.807, 2.05) is 0 Å². The van der Waals surface area contributed by atoms with E-state index in [1.54, 1.807) is 31.3 Å². The van der Waals surface area contributed by atoms with Gasteiger partial charge < -0.3 is 5.84 Å². The normalized spacial score (nSPS) is 10.5. The van der Waals surface area contributed by atoms with Crippen molar-refractivity contribution in [3.05, 3.63) is 44.4 Å². The molecule has 0 aliphatic carbocycles. The maximum atomic E-state index is 11.9. The lowest BCUT2D eigenvalue weighted by atomic mass is 10.2. The van der Waals surface area contributed by atoms with Crippen LogP contribution in [0.1, 0.15) is 0 Å². The summed E-state index contributed by atoms with van der Waals surface area (Å²) >= 11 is 10.7. The minimum Gasteiger partial charge on any atom is -0.334 e. The highest BCUT2D eigenvalue weighted by molar-refractivity contribution is 7.71. The molecule has 0 aliphatic rings. The molecule has 7 heteroatoms. The van der Waals surface area contributed by atoms with Gasteiger partial charge in [0.1, 0.15) is 0 Å². The third-order valence-electron chi connectivity index (χ3n) is 2.27. The van der Waals surface area contributed by atoms with Crippen molar-refractivity contribution in [2.45, 2.75) is 0 Å². The van der Waals surface area contributed by atoms with E-state index in [9.17, 15) is 4.79 Å². The molecule has 1 heterocycles. The molecule has 88 valence electrons. The van der Waals surface area contributed by atoms with Crippen LogP contribution in [0.15, 0.2) is 29.1 Å². The van der Waals surface area contributed by atoms with Gasteiger partial charge in [0.25, 0.3) is 5.56 Å². The summed E-state index contributed by atoms with van der Waals surface area (Å²) in [7, 11) is 1.63. The van der Waals surface area contributed by atoms with Gasteiger partial charge in [0, 0.05) is 17.6 Å². The topological polar surface area (TPSA) is 65.8 Å². The average Bonchev–Trinajstić information content (AvgIpc) is 2.32. The summed E-state index contributed by atoms with van der Waals surface area (Å²) in [5.41, 5.74) is 0.444. The standard InChI is InChI=1S/C10H9ClN4OS/c1-14-10(17)15(12)9(16)8(13-14)6-2-4-7(11)5-3-6/h2-5H,12H2,1H3. The van der Waals surface area contributed by atoms with Crippen LogP contribution in [0.2, 0.25) is 5.02 Å². The van der Waals surface area contributed by atoms with E-state index in [4.69, 9.17) is 29.7 Å². The van der Waals surface area contributed by atoms with Gasteiger partial charge in [-0.2, -0.15) is 9.77 Å². The van der Waals surface area contributed by atoms with Crippen molar-refractivity contribution < 1.29 is 0 Å². The zero-order valence-corrected chi connectivity index (χ0v) is 10.5. The second kappa shape index (κ2) is 4.31. The van der Waals surface area contributed by atoms with E-state index in [1.165, 1.54) is 4.68 Å². The Hall–Kier alpha value is -1.66. The summed E-state index contributed by atoms with van der Waals surface area (Å²) < 4.78 is 2.43. The molecule has 0 bridgehead atoms. The molecule has 17 heavy (non-hydrogen) atoms. The highest BCUT2D eigenvalue weighted by atomic mass is 35.5. The quantitative estimate of drug-likeness (QED) is 0.626. The number of hydrogen-bond donors (Lipinski definition) is 1. The first-order chi connectivity index (χ1) is 8.00. The van der Waals surface area contributed by atoms with Gasteiger partial charge in [0.05, 0.1) is 0 Å². The maximum absolute atomic E-state index is 11.9. The molecule has 2 aromatic rings. The van der Waals surface area contributed by atoms with E-state index >= 15 is 0 Å². The Morgan fingerprint density at radius 1 is 1.35 bits per heavy atom. The van der Waals surface area contributed by atoms with Crippen LogP contribution in [0, 0.1) is 4.77 Å². The molecule has 0 spiro atoms. The minimum absolute atomic E-state index is 0.160. The number of hydrogen-bond acceptors (Lipinski definition) is 4. The van der Waals surface area contributed by atoms with Gasteiger partial charge in [0.2, 0.25) is 4.77 Å². The number of benzene rings is 1. The Morgan fingerprint density at radius 2 is 1.94 bits per heavy atom. The van der Waals surface area contributed by atoms with E-state index < -0.39 is 5.56 Å². The van der Waals surface area contributed by atoms with Crippen molar-refractivity contribution in [2.24, 2.45) is 7.05 Å². The third kappa shape index (κ3) is 2.09. The first-order valence-corrected chi connectivity index (χ1v) is 5.50. The van der Waals surface area contributed by atoms with Gasteiger partial charge in [-0.25, -0.2) is 4.68 Å². The monoisotopic (exact) mass is 268 g/mol. The number of halogens is 1. The summed E-state index contributed by atoms with van der Waals surface area (Å²) in [6.07, 6.45) is 0. The molecule has 5 nitrogen and oxygen atoms in total. The summed E-state index contributed by atoms with van der Waals surface area (Å²) in [5, 5.41) is 4.68. The lowest BCUT2D eigenvalue weighted by Crippen LogP contribution is -2.33. The number of rotatable bonds is 1. The van der Waals surface area contributed by atoms with Crippen molar-refractivity contribution in [2.75, 3.05) is 5.84 Å². The van der Waals surface area contributed by atoms with Crippen LogP contribution in [-0.2, 0) is 7.05 Å². The van der Waals surface area contributed by atoms with Crippen LogP contribution in [0.5, 0.6) is 0 Å². The highest BCUT2D eigenvalue weighted by Gasteiger charge is 2.09. The summed E-state index contributed by atoms with van der Waals surface area (Å²) in [6, 6.07) is 6.77. The molecule has 0 saturated heterocycles. The summed E-state index contributed by atoms with van der Waals surface area (Å²) in [5.74, 6) is 5.56. The van der Waals surface area contributed by atoms with Crippen LogP contribution in [0.3, 0.4) is 0 Å². The number of aromatic nitrogens is 3. The van der Waals surface area contributed by atoms with Gasteiger partial charge in [-0.05, 0) is 24.4 Å². The van der Waals surface area contributed by atoms with Crippen LogP contribution >= 0.6 is 23.8 Å². The van der Waals surface area contributed by atoms with E-state index in [-0.39, 0.29) is 10.5 Å². The first kappa shape index (κ1) is 11.8. The maximum Gasteiger partial charge on any atom is 0.299 e. The minimum atomic E-state index is -0.435. The number of nitrogen functional groups attached to an aromatic ring is 1. The second-order valence-corrected chi connectivity index (χ2v) is 4.24.